The van der Waals surface area contributed by atoms with Crippen molar-refractivity contribution < 1.29 is 23.8 Å². The maximum absolute atomic E-state index is 13.9. The highest BCUT2D eigenvalue weighted by Gasteiger charge is 2.47. The summed E-state index contributed by atoms with van der Waals surface area (Å²) in [5.41, 5.74) is 0.167. The Hall–Kier alpha value is -2.11. The highest BCUT2D eigenvalue weighted by Crippen LogP contribution is 2.40. The molecule has 1 N–H and O–H groups in total. The van der Waals surface area contributed by atoms with Crippen molar-refractivity contribution in [2.75, 3.05) is 7.11 Å². The Bertz CT molecular complexity index is 633. The molecule has 1 heterocycles. The first-order chi connectivity index (χ1) is 11.0. The molecule has 6 heteroatoms. The molecule has 124 valence electrons. The van der Waals surface area contributed by atoms with Crippen molar-refractivity contribution in [3.63, 3.8) is 0 Å². The molecule has 3 rings (SSSR count). The standard InChI is InChI=1S/C17H20FNO4/c1-23-15-7-6-11(8-12(15)18)16(20)19-13-5-3-2-4-10(13)9-14(19)17(21)22/h6-8,10,13-14H,2-5,9H2,1H3,(H,21,22). The Morgan fingerprint density at radius 2 is 2.04 bits per heavy atom. The molecule has 1 aliphatic heterocycles. The number of likely N-dealkylation sites (tertiary alicyclic amines) is 1. The number of ether oxygens (including phenoxy) is 1. The third kappa shape index (κ3) is 2.78. The normalized spacial score (nSPS) is 26.7. The van der Waals surface area contributed by atoms with E-state index in [9.17, 15) is 19.1 Å². The second-order valence-corrected chi connectivity index (χ2v) is 6.26. The van der Waals surface area contributed by atoms with Crippen molar-refractivity contribution in [2.45, 2.75) is 44.2 Å². The largest absolute Gasteiger partial charge is 0.494 e. The van der Waals surface area contributed by atoms with Crippen LogP contribution in [0.15, 0.2) is 18.2 Å². The van der Waals surface area contributed by atoms with Crippen LogP contribution in [-0.4, -0.2) is 41.1 Å². The summed E-state index contributed by atoms with van der Waals surface area (Å²) in [5, 5.41) is 9.48. The number of aliphatic carboxylic acids is 1. The van der Waals surface area contributed by atoms with Crippen LogP contribution in [0.5, 0.6) is 5.75 Å². The minimum Gasteiger partial charge on any atom is -0.494 e. The lowest BCUT2D eigenvalue weighted by molar-refractivity contribution is -0.141. The highest BCUT2D eigenvalue weighted by molar-refractivity contribution is 5.97. The van der Waals surface area contributed by atoms with Crippen molar-refractivity contribution in [3.8, 4) is 5.75 Å². The van der Waals surface area contributed by atoms with Crippen molar-refractivity contribution >= 4 is 11.9 Å². The van der Waals surface area contributed by atoms with Crippen LogP contribution in [0.25, 0.3) is 0 Å². The number of hydrogen-bond donors (Lipinski definition) is 1. The average molecular weight is 321 g/mol. The summed E-state index contributed by atoms with van der Waals surface area (Å²) < 4.78 is 18.7. The molecule has 0 radical (unpaired) electrons. The Kier molecular flexibility index (Phi) is 4.24. The predicted octanol–water partition coefficient (Wildman–Crippen LogP) is 2.69. The van der Waals surface area contributed by atoms with Crippen molar-refractivity contribution in [1.29, 1.82) is 0 Å². The first kappa shape index (κ1) is 15.8. The number of rotatable bonds is 3. The van der Waals surface area contributed by atoms with E-state index in [2.05, 4.69) is 0 Å². The Morgan fingerprint density at radius 3 is 2.70 bits per heavy atom. The zero-order valence-electron chi connectivity index (χ0n) is 13.0. The molecule has 1 aromatic rings. The minimum absolute atomic E-state index is 0.0532. The number of nitrogens with zero attached hydrogens (tertiary/aromatic N) is 1. The van der Waals surface area contributed by atoms with E-state index in [4.69, 9.17) is 4.74 Å². The van der Waals surface area contributed by atoms with E-state index < -0.39 is 23.7 Å². The number of methoxy groups -OCH3 is 1. The van der Waals surface area contributed by atoms with Crippen LogP contribution in [0.3, 0.4) is 0 Å². The van der Waals surface area contributed by atoms with E-state index in [1.54, 1.807) is 0 Å². The summed E-state index contributed by atoms with van der Waals surface area (Å²) in [6.07, 6.45) is 4.33. The number of carboxylic acid groups (broad SMARTS) is 1. The molecular formula is C17H20FNO4. The molecule has 5 nitrogen and oxygen atoms in total. The van der Waals surface area contributed by atoms with Gasteiger partial charge in [-0.15, -0.1) is 0 Å². The van der Waals surface area contributed by atoms with Crippen molar-refractivity contribution in [2.24, 2.45) is 5.92 Å². The van der Waals surface area contributed by atoms with Gasteiger partial charge in [-0.1, -0.05) is 12.8 Å². The molecule has 3 unspecified atom stereocenters. The van der Waals surface area contributed by atoms with E-state index in [-0.39, 0.29) is 23.3 Å². The van der Waals surface area contributed by atoms with Crippen LogP contribution in [0.4, 0.5) is 4.39 Å². The number of carbonyl (C=O) groups is 2. The molecule has 2 aliphatic rings. The van der Waals surface area contributed by atoms with Crippen LogP contribution >= 0.6 is 0 Å². The van der Waals surface area contributed by atoms with Gasteiger partial charge in [-0.2, -0.15) is 0 Å². The van der Waals surface area contributed by atoms with E-state index in [1.165, 1.54) is 24.1 Å². The number of carboxylic acids is 1. The van der Waals surface area contributed by atoms with E-state index in [0.29, 0.717) is 6.42 Å². The predicted molar refractivity (Wildman–Crippen MR) is 80.9 cm³/mol. The van der Waals surface area contributed by atoms with E-state index in [1.807, 2.05) is 0 Å². The van der Waals surface area contributed by atoms with Crippen LogP contribution in [0.2, 0.25) is 0 Å². The lowest BCUT2D eigenvalue weighted by atomic mass is 9.84. The van der Waals surface area contributed by atoms with Gasteiger partial charge in [0.2, 0.25) is 0 Å². The summed E-state index contributed by atoms with van der Waals surface area (Å²) in [4.78, 5) is 25.9. The molecule has 1 aliphatic carbocycles. The minimum atomic E-state index is -0.985. The SMILES string of the molecule is COc1ccc(C(=O)N2C(C(=O)O)CC3CCCCC32)cc1F. The average Bonchev–Trinajstić information content (AvgIpc) is 2.93. The number of carbonyl (C=O) groups excluding carboxylic acids is 1. The number of halogens is 1. The van der Waals surface area contributed by atoms with Crippen LogP contribution in [0, 0.1) is 11.7 Å². The Morgan fingerprint density at radius 1 is 1.30 bits per heavy atom. The second-order valence-electron chi connectivity index (χ2n) is 6.26. The van der Waals surface area contributed by atoms with Gasteiger partial charge >= 0.3 is 5.97 Å². The molecule has 1 saturated carbocycles. The van der Waals surface area contributed by atoms with Gasteiger partial charge in [-0.05, 0) is 43.4 Å². The quantitative estimate of drug-likeness (QED) is 0.929. The maximum atomic E-state index is 13.9. The maximum Gasteiger partial charge on any atom is 0.326 e. The monoisotopic (exact) mass is 321 g/mol. The van der Waals surface area contributed by atoms with Crippen LogP contribution in [-0.2, 0) is 4.79 Å². The van der Waals surface area contributed by atoms with Gasteiger partial charge < -0.3 is 14.7 Å². The van der Waals surface area contributed by atoms with Crippen LogP contribution in [0.1, 0.15) is 42.5 Å². The zero-order chi connectivity index (χ0) is 16.6. The molecule has 1 aromatic carbocycles. The third-order valence-electron chi connectivity index (χ3n) is 5.01. The molecule has 2 fully saturated rings. The molecule has 1 amide bonds. The zero-order valence-corrected chi connectivity index (χ0v) is 13.0. The Labute approximate surface area is 134 Å². The van der Waals surface area contributed by atoms with E-state index >= 15 is 0 Å². The lowest BCUT2D eigenvalue weighted by Crippen LogP contribution is -2.46. The fourth-order valence-corrected chi connectivity index (χ4v) is 3.92. The fourth-order valence-electron chi connectivity index (χ4n) is 3.92. The number of fused-ring (bicyclic) bond motifs is 1. The van der Waals surface area contributed by atoms with Gasteiger partial charge in [0.1, 0.15) is 6.04 Å². The molecule has 0 spiro atoms. The van der Waals surface area contributed by atoms with Gasteiger partial charge in [0, 0.05) is 11.6 Å². The summed E-state index contributed by atoms with van der Waals surface area (Å²) in [7, 11) is 1.35. The third-order valence-corrected chi connectivity index (χ3v) is 5.01. The van der Waals surface area contributed by atoms with Gasteiger partial charge in [0.15, 0.2) is 11.6 Å². The first-order valence-corrected chi connectivity index (χ1v) is 7.92. The summed E-state index contributed by atoms with van der Waals surface area (Å²) >= 11 is 0. The van der Waals surface area contributed by atoms with Crippen molar-refractivity contribution in [3.05, 3.63) is 29.6 Å². The molecule has 23 heavy (non-hydrogen) atoms. The molecule has 0 bridgehead atoms. The summed E-state index contributed by atoms with van der Waals surface area (Å²) in [6, 6.07) is 3.13. The summed E-state index contributed by atoms with van der Waals surface area (Å²) in [6.45, 7) is 0. The van der Waals surface area contributed by atoms with Gasteiger partial charge in [0.05, 0.1) is 7.11 Å². The van der Waals surface area contributed by atoms with Crippen molar-refractivity contribution in [1.82, 2.24) is 4.90 Å². The van der Waals surface area contributed by atoms with Crippen LogP contribution < -0.4 is 4.74 Å². The van der Waals surface area contributed by atoms with Gasteiger partial charge in [-0.25, -0.2) is 9.18 Å². The molecular weight excluding hydrogens is 301 g/mol. The topological polar surface area (TPSA) is 66.8 Å². The first-order valence-electron chi connectivity index (χ1n) is 7.92. The number of benzene rings is 1. The second kappa shape index (κ2) is 6.18. The highest BCUT2D eigenvalue weighted by atomic mass is 19.1. The molecule has 0 aromatic heterocycles. The smallest absolute Gasteiger partial charge is 0.326 e. The number of hydrogen-bond acceptors (Lipinski definition) is 3. The van der Waals surface area contributed by atoms with Gasteiger partial charge in [0.25, 0.3) is 5.91 Å². The molecule has 1 saturated heterocycles. The fraction of sp³-hybridized carbons (Fsp3) is 0.529. The lowest BCUT2D eigenvalue weighted by Gasteiger charge is -2.33. The summed E-state index contributed by atoms with van der Waals surface area (Å²) in [5.74, 6) is -1.72. The number of amides is 1. The Balaban J connectivity index is 1.92. The van der Waals surface area contributed by atoms with Gasteiger partial charge in [-0.3, -0.25) is 4.79 Å². The van der Waals surface area contributed by atoms with E-state index in [0.717, 1.165) is 31.7 Å². The molecule has 3 atom stereocenters.